The highest BCUT2D eigenvalue weighted by molar-refractivity contribution is 9.10. The van der Waals surface area contributed by atoms with E-state index in [1.54, 1.807) is 6.92 Å². The number of carbonyl (C=O) groups is 1. The van der Waals surface area contributed by atoms with Gasteiger partial charge in [-0.2, -0.15) is 0 Å². The molecule has 0 heterocycles. The second-order valence-electron chi connectivity index (χ2n) is 4.07. The fourth-order valence-electron chi connectivity index (χ4n) is 1.73. The SMILES string of the molecule is Cc1cc(F)c(Br)c(C(N)CCC(=O)O)c1C. The maximum atomic E-state index is 13.6. The summed E-state index contributed by atoms with van der Waals surface area (Å²) in [6.45, 7) is 3.66. The van der Waals surface area contributed by atoms with Crippen molar-refractivity contribution in [2.45, 2.75) is 32.7 Å². The molecule has 94 valence electrons. The van der Waals surface area contributed by atoms with Gasteiger partial charge in [-0.25, -0.2) is 4.39 Å². The van der Waals surface area contributed by atoms with Gasteiger partial charge in [0.2, 0.25) is 0 Å². The third-order valence-corrected chi connectivity index (χ3v) is 3.63. The lowest BCUT2D eigenvalue weighted by Crippen LogP contribution is -2.15. The molecule has 0 fully saturated rings. The minimum Gasteiger partial charge on any atom is -0.481 e. The molecule has 0 saturated carbocycles. The second-order valence-corrected chi connectivity index (χ2v) is 4.86. The first kappa shape index (κ1) is 14.1. The lowest BCUT2D eigenvalue weighted by Gasteiger charge is -2.18. The number of hydrogen-bond acceptors (Lipinski definition) is 2. The molecule has 0 radical (unpaired) electrons. The molecular formula is C12H15BrFNO2. The van der Waals surface area contributed by atoms with Crippen LogP contribution in [0.2, 0.25) is 0 Å². The van der Waals surface area contributed by atoms with E-state index >= 15 is 0 Å². The van der Waals surface area contributed by atoms with Gasteiger partial charge in [-0.05, 0) is 59.0 Å². The molecule has 0 aliphatic rings. The van der Waals surface area contributed by atoms with Crippen molar-refractivity contribution in [3.8, 4) is 0 Å². The highest BCUT2D eigenvalue weighted by Crippen LogP contribution is 2.32. The Labute approximate surface area is 108 Å². The Morgan fingerprint density at radius 2 is 2.18 bits per heavy atom. The smallest absolute Gasteiger partial charge is 0.303 e. The molecule has 1 rings (SSSR count). The van der Waals surface area contributed by atoms with E-state index in [0.29, 0.717) is 10.0 Å². The molecule has 1 unspecified atom stereocenters. The zero-order valence-corrected chi connectivity index (χ0v) is 11.3. The maximum absolute atomic E-state index is 13.6. The number of carboxylic acids is 1. The molecule has 0 bridgehead atoms. The highest BCUT2D eigenvalue weighted by atomic mass is 79.9. The molecule has 5 heteroatoms. The fourth-order valence-corrected chi connectivity index (χ4v) is 2.44. The summed E-state index contributed by atoms with van der Waals surface area (Å²) < 4.78 is 13.9. The summed E-state index contributed by atoms with van der Waals surface area (Å²) in [5.74, 6) is -1.27. The number of carboxylic acid groups (broad SMARTS) is 1. The molecule has 0 aliphatic heterocycles. The Kier molecular flexibility index (Phi) is 4.65. The van der Waals surface area contributed by atoms with Crippen LogP contribution in [0.5, 0.6) is 0 Å². The Balaban J connectivity index is 3.07. The molecule has 0 spiro atoms. The summed E-state index contributed by atoms with van der Waals surface area (Å²) in [4.78, 5) is 10.5. The zero-order chi connectivity index (χ0) is 13.2. The van der Waals surface area contributed by atoms with Crippen LogP contribution in [0.4, 0.5) is 4.39 Å². The van der Waals surface area contributed by atoms with E-state index in [2.05, 4.69) is 15.9 Å². The van der Waals surface area contributed by atoms with Crippen molar-refractivity contribution in [1.29, 1.82) is 0 Å². The first-order chi connectivity index (χ1) is 7.84. The number of hydrogen-bond donors (Lipinski definition) is 2. The second kappa shape index (κ2) is 5.60. The average Bonchev–Trinajstić information content (AvgIpc) is 2.24. The number of rotatable bonds is 4. The van der Waals surface area contributed by atoms with Gasteiger partial charge in [0, 0.05) is 12.5 Å². The molecular weight excluding hydrogens is 289 g/mol. The summed E-state index contributed by atoms with van der Waals surface area (Å²) in [6.07, 6.45) is 0.264. The standard InChI is InChI=1S/C12H15BrFNO2/c1-6-5-8(14)12(13)11(7(6)2)9(15)3-4-10(16)17/h5,9H,3-4,15H2,1-2H3,(H,16,17). The van der Waals surface area contributed by atoms with Gasteiger partial charge in [0.1, 0.15) is 5.82 Å². The predicted molar refractivity (Wildman–Crippen MR) is 67.4 cm³/mol. The van der Waals surface area contributed by atoms with Gasteiger partial charge in [0.05, 0.1) is 4.47 Å². The lowest BCUT2D eigenvalue weighted by molar-refractivity contribution is -0.137. The van der Waals surface area contributed by atoms with E-state index in [-0.39, 0.29) is 18.7 Å². The normalized spacial score (nSPS) is 12.5. The van der Waals surface area contributed by atoms with E-state index in [1.807, 2.05) is 6.92 Å². The predicted octanol–water partition coefficient (Wildman–Crippen LogP) is 3.07. The summed E-state index contributed by atoms with van der Waals surface area (Å²) in [5, 5.41) is 8.62. The van der Waals surface area contributed by atoms with Crippen LogP contribution in [0.3, 0.4) is 0 Å². The van der Waals surface area contributed by atoms with Gasteiger partial charge in [-0.15, -0.1) is 0 Å². The quantitative estimate of drug-likeness (QED) is 0.898. The molecule has 0 saturated heterocycles. The number of aliphatic carboxylic acids is 1. The number of halogens is 2. The number of nitrogens with two attached hydrogens (primary N) is 1. The molecule has 1 atom stereocenters. The first-order valence-electron chi connectivity index (χ1n) is 5.27. The Bertz CT molecular complexity index is 422. The summed E-state index contributed by atoms with van der Waals surface area (Å²) in [5.41, 5.74) is 8.29. The van der Waals surface area contributed by atoms with Crippen LogP contribution in [-0.2, 0) is 4.79 Å². The third-order valence-electron chi connectivity index (χ3n) is 2.82. The Hall–Kier alpha value is -0.940. The van der Waals surface area contributed by atoms with Crippen molar-refractivity contribution in [2.24, 2.45) is 5.73 Å². The van der Waals surface area contributed by atoms with Gasteiger partial charge < -0.3 is 10.8 Å². The summed E-state index contributed by atoms with van der Waals surface area (Å²) >= 11 is 3.17. The molecule has 0 aromatic heterocycles. The fraction of sp³-hybridized carbons (Fsp3) is 0.417. The maximum Gasteiger partial charge on any atom is 0.303 e. The first-order valence-corrected chi connectivity index (χ1v) is 6.06. The third kappa shape index (κ3) is 3.26. The van der Waals surface area contributed by atoms with Crippen LogP contribution in [0.25, 0.3) is 0 Å². The average molecular weight is 304 g/mol. The van der Waals surface area contributed by atoms with Crippen LogP contribution in [0, 0.1) is 19.7 Å². The van der Waals surface area contributed by atoms with Crippen molar-refractivity contribution in [3.05, 3.63) is 33.0 Å². The Morgan fingerprint density at radius 3 is 2.71 bits per heavy atom. The van der Waals surface area contributed by atoms with Gasteiger partial charge in [-0.3, -0.25) is 4.79 Å². The minimum atomic E-state index is -0.901. The van der Waals surface area contributed by atoms with E-state index < -0.39 is 12.0 Å². The van der Waals surface area contributed by atoms with Crippen LogP contribution < -0.4 is 5.73 Å². The van der Waals surface area contributed by atoms with Gasteiger partial charge in [0.25, 0.3) is 0 Å². The highest BCUT2D eigenvalue weighted by Gasteiger charge is 2.18. The van der Waals surface area contributed by atoms with Crippen LogP contribution >= 0.6 is 15.9 Å². The molecule has 1 aromatic carbocycles. The molecule has 1 aromatic rings. The van der Waals surface area contributed by atoms with Crippen molar-refractivity contribution >= 4 is 21.9 Å². The van der Waals surface area contributed by atoms with Crippen molar-refractivity contribution in [3.63, 3.8) is 0 Å². The topological polar surface area (TPSA) is 63.3 Å². The van der Waals surface area contributed by atoms with Crippen molar-refractivity contribution in [2.75, 3.05) is 0 Å². The Morgan fingerprint density at radius 1 is 1.59 bits per heavy atom. The van der Waals surface area contributed by atoms with Crippen LogP contribution in [0.1, 0.15) is 35.6 Å². The van der Waals surface area contributed by atoms with Crippen molar-refractivity contribution < 1.29 is 14.3 Å². The molecule has 3 nitrogen and oxygen atoms in total. The van der Waals surface area contributed by atoms with E-state index in [0.717, 1.165) is 11.1 Å². The van der Waals surface area contributed by atoms with Crippen molar-refractivity contribution in [1.82, 2.24) is 0 Å². The molecule has 3 N–H and O–H groups in total. The van der Waals surface area contributed by atoms with Gasteiger partial charge in [0.15, 0.2) is 0 Å². The largest absolute Gasteiger partial charge is 0.481 e. The van der Waals surface area contributed by atoms with Crippen LogP contribution in [-0.4, -0.2) is 11.1 Å². The number of benzene rings is 1. The monoisotopic (exact) mass is 303 g/mol. The van der Waals surface area contributed by atoms with Gasteiger partial charge >= 0.3 is 5.97 Å². The van der Waals surface area contributed by atoms with E-state index in [1.165, 1.54) is 6.07 Å². The lowest BCUT2D eigenvalue weighted by atomic mass is 9.95. The summed E-state index contributed by atoms with van der Waals surface area (Å²) in [6, 6.07) is 0.960. The molecule has 0 amide bonds. The molecule has 17 heavy (non-hydrogen) atoms. The number of aryl methyl sites for hydroxylation is 1. The zero-order valence-electron chi connectivity index (χ0n) is 9.76. The molecule has 0 aliphatic carbocycles. The van der Waals surface area contributed by atoms with Crippen LogP contribution in [0.15, 0.2) is 10.5 Å². The minimum absolute atomic E-state index is 0.0252. The van der Waals surface area contributed by atoms with E-state index in [4.69, 9.17) is 10.8 Å². The summed E-state index contributed by atoms with van der Waals surface area (Å²) in [7, 11) is 0. The van der Waals surface area contributed by atoms with Gasteiger partial charge in [-0.1, -0.05) is 0 Å². The van der Waals surface area contributed by atoms with E-state index in [9.17, 15) is 9.18 Å².